The Morgan fingerprint density at radius 2 is 2.18 bits per heavy atom. The van der Waals surface area contributed by atoms with Gasteiger partial charge in [-0.15, -0.1) is 0 Å². The Morgan fingerprint density at radius 1 is 1.41 bits per heavy atom. The molecular weight excluding hydrogens is 286 g/mol. The van der Waals surface area contributed by atoms with Crippen LogP contribution in [0.2, 0.25) is 0 Å². The first-order valence-electron chi connectivity index (χ1n) is 7.26. The van der Waals surface area contributed by atoms with Gasteiger partial charge in [-0.3, -0.25) is 14.6 Å². The highest BCUT2D eigenvalue weighted by atomic mass is 16.5. The molecule has 8 heteroatoms. The number of aromatic nitrogens is 4. The Morgan fingerprint density at radius 3 is 2.91 bits per heavy atom. The van der Waals surface area contributed by atoms with Crippen molar-refractivity contribution < 1.29 is 9.32 Å². The molecule has 2 aromatic rings. The molecule has 1 saturated carbocycles. The Kier molecular flexibility index (Phi) is 3.99. The van der Waals surface area contributed by atoms with Crippen LogP contribution in [0.1, 0.15) is 53.8 Å². The summed E-state index contributed by atoms with van der Waals surface area (Å²) in [5.74, 6) is 1.11. The SMILES string of the molecule is CN(Cc1noc(C2CCCC2)n1)C(=O)c1cncc(=O)[nH]1. The average molecular weight is 303 g/mol. The Hall–Kier alpha value is -2.51. The van der Waals surface area contributed by atoms with Gasteiger partial charge in [-0.25, -0.2) is 0 Å². The van der Waals surface area contributed by atoms with Crippen molar-refractivity contribution in [1.82, 2.24) is 25.0 Å². The number of H-pyrrole nitrogens is 1. The standard InChI is InChI=1S/C14H17N5O3/c1-19(14(21)10-6-15-7-12(20)16-10)8-11-17-13(22-18-11)9-4-2-3-5-9/h6-7,9H,2-5,8H2,1H3,(H,16,20). The first-order chi connectivity index (χ1) is 10.6. The molecule has 0 aromatic carbocycles. The number of hydrogen-bond donors (Lipinski definition) is 1. The molecule has 0 atom stereocenters. The largest absolute Gasteiger partial charge is 0.339 e. The number of nitrogens with zero attached hydrogens (tertiary/aromatic N) is 4. The van der Waals surface area contributed by atoms with Gasteiger partial charge in [0.25, 0.3) is 11.5 Å². The zero-order chi connectivity index (χ0) is 15.5. The molecule has 22 heavy (non-hydrogen) atoms. The van der Waals surface area contributed by atoms with Crippen LogP contribution in [0.25, 0.3) is 0 Å². The van der Waals surface area contributed by atoms with Crippen molar-refractivity contribution >= 4 is 5.91 Å². The first-order valence-corrected chi connectivity index (χ1v) is 7.26. The summed E-state index contributed by atoms with van der Waals surface area (Å²) in [6.07, 6.45) is 6.97. The zero-order valence-electron chi connectivity index (χ0n) is 12.3. The van der Waals surface area contributed by atoms with Gasteiger partial charge in [0.05, 0.1) is 18.9 Å². The van der Waals surface area contributed by atoms with Gasteiger partial charge in [-0.1, -0.05) is 18.0 Å². The fourth-order valence-electron chi connectivity index (χ4n) is 2.65. The Bertz CT molecular complexity index is 717. The number of rotatable bonds is 4. The van der Waals surface area contributed by atoms with Crippen LogP contribution in [-0.2, 0) is 6.54 Å². The zero-order valence-corrected chi connectivity index (χ0v) is 12.3. The van der Waals surface area contributed by atoms with Crippen LogP contribution in [0.5, 0.6) is 0 Å². The molecule has 1 aliphatic rings. The lowest BCUT2D eigenvalue weighted by molar-refractivity contribution is 0.0774. The third-order valence-electron chi connectivity index (χ3n) is 3.80. The van der Waals surface area contributed by atoms with Crippen LogP contribution < -0.4 is 5.56 Å². The van der Waals surface area contributed by atoms with Crippen molar-refractivity contribution in [1.29, 1.82) is 0 Å². The normalized spacial score (nSPS) is 15.1. The molecule has 1 fully saturated rings. The topological polar surface area (TPSA) is 105 Å². The van der Waals surface area contributed by atoms with Crippen molar-refractivity contribution in [2.45, 2.75) is 38.1 Å². The van der Waals surface area contributed by atoms with Gasteiger partial charge in [0, 0.05) is 13.0 Å². The highest BCUT2D eigenvalue weighted by molar-refractivity contribution is 5.91. The van der Waals surface area contributed by atoms with E-state index in [0.717, 1.165) is 19.0 Å². The van der Waals surface area contributed by atoms with E-state index in [4.69, 9.17) is 4.52 Å². The van der Waals surface area contributed by atoms with E-state index >= 15 is 0 Å². The van der Waals surface area contributed by atoms with Gasteiger partial charge >= 0.3 is 0 Å². The third-order valence-corrected chi connectivity index (χ3v) is 3.80. The molecule has 1 amide bonds. The first kappa shape index (κ1) is 14.4. The molecule has 0 radical (unpaired) electrons. The van der Waals surface area contributed by atoms with Crippen molar-refractivity contribution in [2.24, 2.45) is 0 Å². The summed E-state index contributed by atoms with van der Waals surface area (Å²) in [6.45, 7) is 0.214. The predicted molar refractivity (Wildman–Crippen MR) is 76.2 cm³/mol. The maximum absolute atomic E-state index is 12.2. The molecule has 1 N–H and O–H groups in total. The fourth-order valence-corrected chi connectivity index (χ4v) is 2.65. The van der Waals surface area contributed by atoms with E-state index in [1.807, 2.05) is 0 Å². The maximum Gasteiger partial charge on any atom is 0.272 e. The van der Waals surface area contributed by atoms with Crippen molar-refractivity contribution in [3.05, 3.63) is 40.2 Å². The van der Waals surface area contributed by atoms with Crippen molar-refractivity contribution in [3.63, 3.8) is 0 Å². The minimum absolute atomic E-state index is 0.134. The predicted octanol–water partition coefficient (Wildman–Crippen LogP) is 1.08. The molecular formula is C14H17N5O3. The number of nitrogens with one attached hydrogen (secondary N) is 1. The minimum atomic E-state index is -0.415. The summed E-state index contributed by atoms with van der Waals surface area (Å²) in [6, 6.07) is 0. The minimum Gasteiger partial charge on any atom is -0.339 e. The third kappa shape index (κ3) is 3.05. The molecule has 0 spiro atoms. The van der Waals surface area contributed by atoms with Gasteiger partial charge in [0.15, 0.2) is 5.82 Å². The van der Waals surface area contributed by atoms with Crippen molar-refractivity contribution in [3.8, 4) is 0 Å². The quantitative estimate of drug-likeness (QED) is 0.906. The summed E-state index contributed by atoms with van der Waals surface area (Å²) >= 11 is 0. The van der Waals surface area contributed by atoms with Crippen molar-refractivity contribution in [2.75, 3.05) is 7.05 Å². The smallest absolute Gasteiger partial charge is 0.272 e. The second kappa shape index (κ2) is 6.08. The summed E-state index contributed by atoms with van der Waals surface area (Å²) in [5.41, 5.74) is -0.281. The van der Waals surface area contributed by atoms with E-state index < -0.39 is 5.56 Å². The average Bonchev–Trinajstić information content (AvgIpc) is 3.17. The van der Waals surface area contributed by atoms with Crippen LogP contribution in [0.3, 0.4) is 0 Å². The van der Waals surface area contributed by atoms with E-state index in [1.54, 1.807) is 7.05 Å². The summed E-state index contributed by atoms with van der Waals surface area (Å²) in [4.78, 5) is 35.3. The van der Waals surface area contributed by atoms with Gasteiger partial charge in [-0.05, 0) is 12.8 Å². The number of carbonyl (C=O) groups is 1. The molecule has 0 aliphatic heterocycles. The van der Waals surface area contributed by atoms with Gasteiger partial charge < -0.3 is 14.4 Å². The van der Waals surface area contributed by atoms with E-state index in [1.165, 1.54) is 23.9 Å². The molecule has 2 heterocycles. The lowest BCUT2D eigenvalue weighted by Crippen LogP contribution is -2.29. The highest BCUT2D eigenvalue weighted by Crippen LogP contribution is 2.32. The van der Waals surface area contributed by atoms with Crippen LogP contribution in [0, 0.1) is 0 Å². The van der Waals surface area contributed by atoms with Crippen LogP contribution in [-0.4, -0.2) is 38.0 Å². The molecule has 0 unspecified atom stereocenters. The summed E-state index contributed by atoms with van der Waals surface area (Å²) < 4.78 is 5.28. The van der Waals surface area contributed by atoms with E-state index in [9.17, 15) is 9.59 Å². The van der Waals surface area contributed by atoms with E-state index in [0.29, 0.717) is 17.6 Å². The van der Waals surface area contributed by atoms with E-state index in [2.05, 4.69) is 20.1 Å². The molecule has 0 bridgehead atoms. The molecule has 1 aliphatic carbocycles. The molecule has 8 nitrogen and oxygen atoms in total. The molecule has 0 saturated heterocycles. The fraction of sp³-hybridized carbons (Fsp3) is 0.500. The number of amides is 1. The second-order valence-corrected chi connectivity index (χ2v) is 5.50. The second-order valence-electron chi connectivity index (χ2n) is 5.50. The van der Waals surface area contributed by atoms with E-state index in [-0.39, 0.29) is 18.1 Å². The Labute approximate surface area is 126 Å². The molecule has 2 aromatic heterocycles. The monoisotopic (exact) mass is 303 g/mol. The Balaban J connectivity index is 1.67. The lowest BCUT2D eigenvalue weighted by Gasteiger charge is -2.14. The van der Waals surface area contributed by atoms with Gasteiger partial charge in [-0.2, -0.15) is 4.98 Å². The number of aromatic amines is 1. The van der Waals surface area contributed by atoms with Crippen LogP contribution in [0.4, 0.5) is 0 Å². The lowest BCUT2D eigenvalue weighted by atomic mass is 10.1. The molecule has 116 valence electrons. The maximum atomic E-state index is 12.2. The van der Waals surface area contributed by atoms with Gasteiger partial charge in [0.1, 0.15) is 5.69 Å². The van der Waals surface area contributed by atoms with Gasteiger partial charge in [0.2, 0.25) is 5.89 Å². The number of carbonyl (C=O) groups excluding carboxylic acids is 1. The molecule has 3 rings (SSSR count). The summed E-state index contributed by atoms with van der Waals surface area (Å²) in [7, 11) is 1.61. The summed E-state index contributed by atoms with van der Waals surface area (Å²) in [5, 5.41) is 3.93. The van der Waals surface area contributed by atoms with Crippen LogP contribution in [0.15, 0.2) is 21.7 Å². The highest BCUT2D eigenvalue weighted by Gasteiger charge is 2.24. The van der Waals surface area contributed by atoms with Crippen LogP contribution >= 0.6 is 0 Å². The number of hydrogen-bond acceptors (Lipinski definition) is 6.